The molecule has 0 aromatic carbocycles. The van der Waals surface area contributed by atoms with Gasteiger partial charge in [-0.15, -0.1) is 0 Å². The number of carbonyl (C=O) groups is 2. The van der Waals surface area contributed by atoms with Gasteiger partial charge in [0.25, 0.3) is 0 Å². The van der Waals surface area contributed by atoms with Crippen LogP contribution >= 0.6 is 0 Å². The molecule has 8 unspecified atom stereocenters. The molecule has 150 valence electrons. The molecule has 0 radical (unpaired) electrons. The lowest BCUT2D eigenvalue weighted by Crippen LogP contribution is -2.45. The summed E-state index contributed by atoms with van der Waals surface area (Å²) < 4.78 is 17.0. The molecule has 2 fully saturated rings. The number of hydrogen-bond acceptors (Lipinski definition) is 7. The van der Waals surface area contributed by atoms with Crippen LogP contribution in [0.2, 0.25) is 0 Å². The number of esters is 2. The minimum absolute atomic E-state index is 0.331. The normalized spacial score (nSPS) is 44.6. The summed E-state index contributed by atoms with van der Waals surface area (Å²) in [6.07, 6.45) is -0.517. The van der Waals surface area contributed by atoms with E-state index in [1.807, 2.05) is 0 Å². The molecule has 0 aromatic heterocycles. The highest BCUT2D eigenvalue weighted by Crippen LogP contribution is 2.50. The van der Waals surface area contributed by atoms with Crippen molar-refractivity contribution in [2.45, 2.75) is 77.2 Å². The first-order valence-electron chi connectivity index (χ1n) is 9.35. The maximum atomic E-state index is 12.4. The van der Waals surface area contributed by atoms with Crippen LogP contribution in [0, 0.1) is 11.8 Å². The van der Waals surface area contributed by atoms with Crippen molar-refractivity contribution in [3.8, 4) is 0 Å². The van der Waals surface area contributed by atoms with Gasteiger partial charge in [-0.25, -0.2) is 4.79 Å². The van der Waals surface area contributed by atoms with E-state index in [0.29, 0.717) is 12.0 Å². The predicted molar refractivity (Wildman–Crippen MR) is 95.5 cm³/mol. The third-order valence-corrected chi connectivity index (χ3v) is 6.10. The van der Waals surface area contributed by atoms with E-state index in [0.717, 1.165) is 5.57 Å². The Morgan fingerprint density at radius 2 is 2.07 bits per heavy atom. The molecular weight excluding hydrogens is 352 g/mol. The molecule has 1 aliphatic carbocycles. The van der Waals surface area contributed by atoms with Gasteiger partial charge >= 0.3 is 11.9 Å². The molecule has 8 atom stereocenters. The first-order chi connectivity index (χ1) is 12.6. The molecule has 2 N–H and O–H groups in total. The molecule has 7 nitrogen and oxygen atoms in total. The first kappa shape index (κ1) is 20.0. The van der Waals surface area contributed by atoms with Crippen LogP contribution in [0.5, 0.6) is 0 Å². The van der Waals surface area contributed by atoms with Crippen molar-refractivity contribution in [3.63, 3.8) is 0 Å². The van der Waals surface area contributed by atoms with Gasteiger partial charge in [0.2, 0.25) is 0 Å². The van der Waals surface area contributed by atoms with Crippen molar-refractivity contribution in [2.75, 3.05) is 0 Å². The second-order valence-electron chi connectivity index (χ2n) is 8.06. The van der Waals surface area contributed by atoms with Crippen LogP contribution in [0.3, 0.4) is 0 Å². The fourth-order valence-electron chi connectivity index (χ4n) is 4.14. The van der Waals surface area contributed by atoms with Crippen molar-refractivity contribution in [1.29, 1.82) is 0 Å². The monoisotopic (exact) mass is 380 g/mol. The van der Waals surface area contributed by atoms with Crippen LogP contribution in [0.4, 0.5) is 0 Å². The van der Waals surface area contributed by atoms with Crippen LogP contribution in [-0.2, 0) is 23.8 Å². The van der Waals surface area contributed by atoms with E-state index < -0.39 is 53.9 Å². The quantitative estimate of drug-likeness (QED) is 0.322. The van der Waals surface area contributed by atoms with Crippen molar-refractivity contribution in [1.82, 2.24) is 0 Å². The summed E-state index contributed by atoms with van der Waals surface area (Å²) in [5.74, 6) is -1.69. The molecular formula is C20H28O7. The first-order valence-corrected chi connectivity index (χ1v) is 9.35. The Morgan fingerprint density at radius 1 is 1.41 bits per heavy atom. The summed E-state index contributed by atoms with van der Waals surface area (Å²) in [7, 11) is 0. The molecule has 0 aromatic rings. The highest BCUT2D eigenvalue weighted by molar-refractivity contribution is 5.87. The van der Waals surface area contributed by atoms with Crippen LogP contribution in [0.25, 0.3) is 0 Å². The Hall–Kier alpha value is -1.70. The number of epoxide rings is 1. The zero-order chi connectivity index (χ0) is 20.1. The van der Waals surface area contributed by atoms with Gasteiger partial charge in [0, 0.05) is 17.9 Å². The van der Waals surface area contributed by atoms with Gasteiger partial charge in [0.1, 0.15) is 36.1 Å². The van der Waals surface area contributed by atoms with Crippen molar-refractivity contribution < 1.29 is 34.0 Å². The van der Waals surface area contributed by atoms with Gasteiger partial charge in [-0.05, 0) is 27.7 Å². The van der Waals surface area contributed by atoms with E-state index in [4.69, 9.17) is 14.2 Å². The number of aliphatic hydroxyl groups excluding tert-OH is 2. The minimum Gasteiger partial charge on any atom is -0.459 e. The number of rotatable bonds is 2. The third-order valence-electron chi connectivity index (χ3n) is 6.10. The SMILES string of the molecule is CC=C(C)C(=O)OC1CC(C)=CC(O)C(O)C2(C)OC2C2OC(=O)C(C)C12. The highest BCUT2D eigenvalue weighted by atomic mass is 16.7. The molecule has 0 saturated carbocycles. The molecule has 2 aliphatic heterocycles. The molecule has 27 heavy (non-hydrogen) atoms. The topological polar surface area (TPSA) is 106 Å². The summed E-state index contributed by atoms with van der Waals surface area (Å²) in [6.45, 7) is 8.67. The molecule has 3 rings (SSSR count). The Morgan fingerprint density at radius 3 is 2.70 bits per heavy atom. The van der Waals surface area contributed by atoms with Gasteiger partial charge in [-0.2, -0.15) is 0 Å². The van der Waals surface area contributed by atoms with Gasteiger partial charge < -0.3 is 24.4 Å². The van der Waals surface area contributed by atoms with Gasteiger partial charge in [-0.1, -0.05) is 24.6 Å². The molecule has 0 amide bonds. The Labute approximate surface area is 159 Å². The Bertz CT molecular complexity index is 696. The second kappa shape index (κ2) is 7.04. The van der Waals surface area contributed by atoms with Crippen LogP contribution in [-0.4, -0.2) is 58.3 Å². The van der Waals surface area contributed by atoms with E-state index in [2.05, 4.69) is 0 Å². The van der Waals surface area contributed by atoms with E-state index in [1.165, 1.54) is 0 Å². The Balaban J connectivity index is 1.99. The van der Waals surface area contributed by atoms with Crippen LogP contribution in [0.15, 0.2) is 23.3 Å². The number of hydrogen-bond donors (Lipinski definition) is 2. The van der Waals surface area contributed by atoms with E-state index in [-0.39, 0.29) is 5.97 Å². The molecule has 7 heteroatoms. The van der Waals surface area contributed by atoms with Gasteiger partial charge in [0.05, 0.1) is 5.92 Å². The predicted octanol–water partition coefficient (Wildman–Crippen LogP) is 1.27. The molecule has 2 saturated heterocycles. The van der Waals surface area contributed by atoms with E-state index >= 15 is 0 Å². The summed E-state index contributed by atoms with van der Waals surface area (Å²) in [6, 6.07) is 0. The second-order valence-corrected chi connectivity index (χ2v) is 8.06. The summed E-state index contributed by atoms with van der Waals surface area (Å²) in [4.78, 5) is 24.7. The van der Waals surface area contributed by atoms with Crippen molar-refractivity contribution in [2.24, 2.45) is 11.8 Å². The van der Waals surface area contributed by atoms with E-state index in [9.17, 15) is 19.8 Å². The molecule has 3 aliphatic rings. The number of ether oxygens (including phenoxy) is 3. The standard InChI is InChI=1S/C20H28O7/c1-6-10(3)18(23)25-13-8-9(2)7-12(21)16(22)20(5)17(27-20)15-14(13)11(4)19(24)26-15/h6-7,11-17,21-22H,8H2,1-5H3. The minimum atomic E-state index is -1.14. The number of carbonyl (C=O) groups excluding carboxylic acids is 2. The van der Waals surface area contributed by atoms with E-state index in [1.54, 1.807) is 46.8 Å². The Kier molecular flexibility index (Phi) is 5.22. The average molecular weight is 380 g/mol. The van der Waals surface area contributed by atoms with Crippen LogP contribution in [0.1, 0.15) is 41.0 Å². The zero-order valence-electron chi connectivity index (χ0n) is 16.3. The number of fused-ring (bicyclic) bond motifs is 3. The summed E-state index contributed by atoms with van der Waals surface area (Å²) in [5.41, 5.74) is 0.214. The highest BCUT2D eigenvalue weighted by Gasteiger charge is 2.68. The fourth-order valence-corrected chi connectivity index (χ4v) is 4.14. The smallest absolute Gasteiger partial charge is 0.333 e. The zero-order valence-corrected chi connectivity index (χ0v) is 16.3. The molecule has 0 spiro atoms. The van der Waals surface area contributed by atoms with Crippen molar-refractivity contribution >= 4 is 11.9 Å². The third kappa shape index (κ3) is 3.44. The van der Waals surface area contributed by atoms with Crippen LogP contribution < -0.4 is 0 Å². The van der Waals surface area contributed by atoms with Gasteiger partial charge in [-0.3, -0.25) is 4.79 Å². The van der Waals surface area contributed by atoms with Crippen molar-refractivity contribution in [3.05, 3.63) is 23.3 Å². The number of allylic oxidation sites excluding steroid dienone is 1. The lowest BCUT2D eigenvalue weighted by Gasteiger charge is -2.31. The summed E-state index contributed by atoms with van der Waals surface area (Å²) >= 11 is 0. The van der Waals surface area contributed by atoms with Gasteiger partial charge in [0.15, 0.2) is 0 Å². The summed E-state index contributed by atoms with van der Waals surface area (Å²) in [5, 5.41) is 20.8. The molecule has 2 heterocycles. The maximum Gasteiger partial charge on any atom is 0.333 e. The maximum absolute atomic E-state index is 12.4. The lowest BCUT2D eigenvalue weighted by molar-refractivity contribution is -0.149. The fraction of sp³-hybridized carbons (Fsp3) is 0.700. The number of aliphatic hydroxyl groups is 2. The average Bonchev–Trinajstić information content (AvgIpc) is 3.21. The molecule has 0 bridgehead atoms. The largest absolute Gasteiger partial charge is 0.459 e. The lowest BCUT2D eigenvalue weighted by atomic mass is 9.78.